The highest BCUT2D eigenvalue weighted by atomic mass is 16.2. The van der Waals surface area contributed by atoms with Gasteiger partial charge in [-0.3, -0.25) is 9.59 Å². The highest BCUT2D eigenvalue weighted by molar-refractivity contribution is 5.90. The number of rotatable bonds is 7. The summed E-state index contributed by atoms with van der Waals surface area (Å²) in [5, 5.41) is 5.98. The molecule has 1 fully saturated rings. The molecule has 0 aromatic heterocycles. The van der Waals surface area contributed by atoms with Crippen LogP contribution >= 0.6 is 0 Å². The van der Waals surface area contributed by atoms with Crippen molar-refractivity contribution in [1.29, 1.82) is 0 Å². The normalized spacial score (nSPS) is 17.8. The summed E-state index contributed by atoms with van der Waals surface area (Å²) in [7, 11) is 1.89. The summed E-state index contributed by atoms with van der Waals surface area (Å²) in [6.07, 6.45) is 1.96. The second-order valence-corrected chi connectivity index (χ2v) is 5.81. The third-order valence-corrected chi connectivity index (χ3v) is 4.01. The Balaban J connectivity index is 1.93. The fourth-order valence-corrected chi connectivity index (χ4v) is 2.69. The predicted molar refractivity (Wildman–Crippen MR) is 86.3 cm³/mol. The number of hydrogen-bond acceptors (Lipinski definition) is 3. The monoisotopic (exact) mass is 303 g/mol. The third-order valence-electron chi connectivity index (χ3n) is 4.01. The fourth-order valence-electron chi connectivity index (χ4n) is 2.69. The van der Waals surface area contributed by atoms with Crippen LogP contribution in [0.5, 0.6) is 0 Å². The van der Waals surface area contributed by atoms with Crippen LogP contribution in [0.1, 0.15) is 30.4 Å². The molecule has 5 heteroatoms. The molecule has 0 radical (unpaired) electrons. The van der Waals surface area contributed by atoms with E-state index in [0.717, 1.165) is 18.5 Å². The van der Waals surface area contributed by atoms with Gasteiger partial charge in [0.1, 0.15) is 6.04 Å². The summed E-state index contributed by atoms with van der Waals surface area (Å²) in [5.74, 6) is 0.0324. The van der Waals surface area contributed by atoms with E-state index in [4.69, 9.17) is 0 Å². The maximum Gasteiger partial charge on any atom is 0.242 e. The molecule has 2 rings (SSSR count). The molecule has 0 spiro atoms. The van der Waals surface area contributed by atoms with Crippen LogP contribution in [0, 0.1) is 6.92 Å². The summed E-state index contributed by atoms with van der Waals surface area (Å²) in [6.45, 7) is 4.06. The van der Waals surface area contributed by atoms with E-state index in [9.17, 15) is 9.59 Å². The van der Waals surface area contributed by atoms with Crippen molar-refractivity contribution in [3.63, 3.8) is 0 Å². The van der Waals surface area contributed by atoms with Crippen LogP contribution in [-0.4, -0.2) is 42.9 Å². The van der Waals surface area contributed by atoms with Gasteiger partial charge in [-0.15, -0.1) is 0 Å². The highest BCUT2D eigenvalue weighted by Crippen LogP contribution is 2.21. The van der Waals surface area contributed by atoms with Gasteiger partial charge in [0.15, 0.2) is 0 Å². The zero-order valence-electron chi connectivity index (χ0n) is 13.4. The average Bonchev–Trinajstić information content (AvgIpc) is 2.87. The van der Waals surface area contributed by atoms with Crippen LogP contribution in [-0.2, 0) is 16.1 Å². The van der Waals surface area contributed by atoms with Crippen LogP contribution in [0.2, 0.25) is 0 Å². The van der Waals surface area contributed by atoms with E-state index in [0.29, 0.717) is 25.9 Å². The van der Waals surface area contributed by atoms with Gasteiger partial charge in [0, 0.05) is 19.5 Å². The van der Waals surface area contributed by atoms with Crippen molar-refractivity contribution in [2.24, 2.45) is 0 Å². The Morgan fingerprint density at radius 3 is 2.68 bits per heavy atom. The quantitative estimate of drug-likeness (QED) is 0.744. The van der Waals surface area contributed by atoms with Gasteiger partial charge in [0.25, 0.3) is 0 Å². The Kier molecular flexibility index (Phi) is 5.95. The van der Waals surface area contributed by atoms with Gasteiger partial charge in [-0.2, -0.15) is 0 Å². The van der Waals surface area contributed by atoms with Gasteiger partial charge < -0.3 is 15.5 Å². The van der Waals surface area contributed by atoms with Crippen LogP contribution in [0.15, 0.2) is 24.3 Å². The van der Waals surface area contributed by atoms with Crippen LogP contribution in [0.3, 0.4) is 0 Å². The van der Waals surface area contributed by atoms with Gasteiger partial charge in [0.2, 0.25) is 11.8 Å². The molecule has 22 heavy (non-hydrogen) atoms. The average molecular weight is 303 g/mol. The first-order valence-electron chi connectivity index (χ1n) is 7.89. The Bertz CT molecular complexity index is 513. The van der Waals surface area contributed by atoms with E-state index >= 15 is 0 Å². The lowest BCUT2D eigenvalue weighted by Gasteiger charge is -2.24. The number of benzene rings is 1. The molecule has 5 nitrogen and oxygen atoms in total. The minimum atomic E-state index is -0.330. The summed E-state index contributed by atoms with van der Waals surface area (Å²) >= 11 is 0. The number of carbonyl (C=O) groups is 2. The molecule has 1 aromatic carbocycles. The molecule has 1 aliphatic rings. The molecule has 1 saturated heterocycles. The van der Waals surface area contributed by atoms with Crippen molar-refractivity contribution in [2.45, 2.75) is 38.8 Å². The molecule has 0 bridgehead atoms. The molecule has 1 heterocycles. The standard InChI is InChI=1S/C17H25N3O2/c1-13-4-6-14(7-5-13)12-20-15(8-9-16(20)21)17(22)19-11-3-10-18-2/h4-7,15,18H,3,8-12H2,1-2H3,(H,19,22). The number of likely N-dealkylation sites (tertiary alicyclic amines) is 1. The second-order valence-electron chi connectivity index (χ2n) is 5.81. The van der Waals surface area contributed by atoms with E-state index in [1.54, 1.807) is 4.90 Å². The summed E-state index contributed by atoms with van der Waals surface area (Å²) in [4.78, 5) is 26.1. The van der Waals surface area contributed by atoms with Crippen LogP contribution in [0.25, 0.3) is 0 Å². The minimum absolute atomic E-state index is 0.0333. The van der Waals surface area contributed by atoms with Crippen molar-refractivity contribution >= 4 is 11.8 Å². The number of amides is 2. The minimum Gasteiger partial charge on any atom is -0.354 e. The molecular formula is C17H25N3O2. The number of carbonyl (C=O) groups excluding carboxylic acids is 2. The van der Waals surface area contributed by atoms with E-state index < -0.39 is 0 Å². The van der Waals surface area contributed by atoms with Gasteiger partial charge in [0.05, 0.1) is 0 Å². The topological polar surface area (TPSA) is 61.4 Å². The van der Waals surface area contributed by atoms with Gasteiger partial charge in [-0.25, -0.2) is 0 Å². The molecule has 2 amide bonds. The first kappa shape index (κ1) is 16.5. The first-order valence-corrected chi connectivity index (χ1v) is 7.89. The SMILES string of the molecule is CNCCCNC(=O)C1CCC(=O)N1Cc1ccc(C)cc1. The molecule has 2 N–H and O–H groups in total. The molecule has 1 unspecified atom stereocenters. The third kappa shape index (κ3) is 4.31. The molecular weight excluding hydrogens is 278 g/mol. The van der Waals surface area contributed by atoms with E-state index in [-0.39, 0.29) is 17.9 Å². The predicted octanol–water partition coefficient (Wildman–Crippen LogP) is 1.21. The van der Waals surface area contributed by atoms with E-state index in [1.807, 2.05) is 38.2 Å². The number of nitrogens with one attached hydrogen (secondary N) is 2. The fraction of sp³-hybridized carbons (Fsp3) is 0.529. The largest absolute Gasteiger partial charge is 0.354 e. The number of nitrogens with zero attached hydrogens (tertiary/aromatic N) is 1. The molecule has 120 valence electrons. The maximum atomic E-state index is 12.3. The van der Waals surface area contributed by atoms with Gasteiger partial charge in [-0.1, -0.05) is 29.8 Å². The molecule has 1 aromatic rings. The van der Waals surface area contributed by atoms with Crippen LogP contribution in [0.4, 0.5) is 0 Å². The Morgan fingerprint density at radius 2 is 2.00 bits per heavy atom. The Hall–Kier alpha value is -1.88. The molecule has 1 atom stereocenters. The summed E-state index contributed by atoms with van der Waals surface area (Å²) in [5.41, 5.74) is 2.25. The number of hydrogen-bond donors (Lipinski definition) is 2. The van der Waals surface area contributed by atoms with Crippen molar-refractivity contribution < 1.29 is 9.59 Å². The van der Waals surface area contributed by atoms with E-state index in [2.05, 4.69) is 10.6 Å². The second kappa shape index (κ2) is 7.94. The lowest BCUT2D eigenvalue weighted by Crippen LogP contribution is -2.44. The molecule has 0 saturated carbocycles. The van der Waals surface area contributed by atoms with Crippen molar-refractivity contribution in [3.05, 3.63) is 35.4 Å². The van der Waals surface area contributed by atoms with Crippen molar-refractivity contribution in [3.8, 4) is 0 Å². The zero-order chi connectivity index (χ0) is 15.9. The molecule has 1 aliphatic heterocycles. The van der Waals surface area contributed by atoms with Crippen molar-refractivity contribution in [2.75, 3.05) is 20.1 Å². The summed E-state index contributed by atoms with van der Waals surface area (Å²) in [6, 6.07) is 7.76. The lowest BCUT2D eigenvalue weighted by atomic mass is 10.1. The Morgan fingerprint density at radius 1 is 1.27 bits per heavy atom. The zero-order valence-corrected chi connectivity index (χ0v) is 13.4. The van der Waals surface area contributed by atoms with Crippen molar-refractivity contribution in [1.82, 2.24) is 15.5 Å². The van der Waals surface area contributed by atoms with Gasteiger partial charge in [-0.05, 0) is 38.9 Å². The lowest BCUT2D eigenvalue weighted by molar-refractivity contribution is -0.135. The summed E-state index contributed by atoms with van der Waals surface area (Å²) < 4.78 is 0. The van der Waals surface area contributed by atoms with E-state index in [1.165, 1.54) is 5.56 Å². The molecule has 0 aliphatic carbocycles. The smallest absolute Gasteiger partial charge is 0.242 e. The van der Waals surface area contributed by atoms with Crippen LogP contribution < -0.4 is 10.6 Å². The highest BCUT2D eigenvalue weighted by Gasteiger charge is 2.35. The Labute approximate surface area is 132 Å². The maximum absolute atomic E-state index is 12.3. The first-order chi connectivity index (χ1) is 10.6. The van der Waals surface area contributed by atoms with Gasteiger partial charge >= 0.3 is 0 Å². The number of aryl methyl sites for hydroxylation is 1.